The molecule has 3 aliphatic heterocycles. The molecule has 0 bridgehead atoms. The summed E-state index contributed by atoms with van der Waals surface area (Å²) >= 11 is 1.49. The SMILES string of the molecule is O=C(c1ccc(CN2C(=O)CSc3ncccc32)cc1)N1CCC(N2CCCCC2)CC1. The number of amides is 2. The van der Waals surface area contributed by atoms with E-state index < -0.39 is 0 Å². The van der Waals surface area contributed by atoms with Gasteiger partial charge >= 0.3 is 0 Å². The number of nitrogens with zero attached hydrogens (tertiary/aromatic N) is 4. The van der Waals surface area contributed by atoms with Gasteiger partial charge in [-0.15, -0.1) is 0 Å². The van der Waals surface area contributed by atoms with Gasteiger partial charge < -0.3 is 14.7 Å². The van der Waals surface area contributed by atoms with Crippen molar-refractivity contribution in [1.82, 2.24) is 14.8 Å². The van der Waals surface area contributed by atoms with Gasteiger partial charge in [-0.3, -0.25) is 9.59 Å². The van der Waals surface area contributed by atoms with E-state index in [4.69, 9.17) is 0 Å². The molecule has 32 heavy (non-hydrogen) atoms. The Morgan fingerprint density at radius 1 is 1.00 bits per heavy atom. The number of aromatic nitrogens is 1. The maximum absolute atomic E-state index is 13.0. The highest BCUT2D eigenvalue weighted by molar-refractivity contribution is 8.00. The monoisotopic (exact) mass is 450 g/mol. The second kappa shape index (κ2) is 9.63. The Morgan fingerprint density at radius 3 is 2.50 bits per heavy atom. The molecule has 2 fully saturated rings. The molecule has 4 heterocycles. The second-order valence-electron chi connectivity index (χ2n) is 8.91. The first-order valence-corrected chi connectivity index (χ1v) is 12.7. The number of likely N-dealkylation sites (tertiary alicyclic amines) is 2. The third kappa shape index (κ3) is 4.55. The van der Waals surface area contributed by atoms with Crippen LogP contribution in [0.1, 0.15) is 48.0 Å². The molecule has 0 N–H and O–H groups in total. The van der Waals surface area contributed by atoms with Crippen LogP contribution in [0.5, 0.6) is 0 Å². The molecule has 5 rings (SSSR count). The molecular weight excluding hydrogens is 420 g/mol. The van der Waals surface area contributed by atoms with Crippen LogP contribution in [0.4, 0.5) is 5.69 Å². The first kappa shape index (κ1) is 21.5. The number of fused-ring (bicyclic) bond motifs is 1. The lowest BCUT2D eigenvalue weighted by Gasteiger charge is -2.40. The Morgan fingerprint density at radius 2 is 1.75 bits per heavy atom. The molecule has 0 unspecified atom stereocenters. The van der Waals surface area contributed by atoms with Gasteiger partial charge in [0.25, 0.3) is 5.91 Å². The summed E-state index contributed by atoms with van der Waals surface area (Å²) in [4.78, 5) is 36.3. The quantitative estimate of drug-likeness (QED) is 0.709. The van der Waals surface area contributed by atoms with Crippen LogP contribution in [0.2, 0.25) is 0 Å². The van der Waals surface area contributed by atoms with E-state index in [1.54, 1.807) is 11.1 Å². The highest BCUT2D eigenvalue weighted by atomic mass is 32.2. The van der Waals surface area contributed by atoms with Gasteiger partial charge in [0.05, 0.1) is 18.0 Å². The zero-order chi connectivity index (χ0) is 21.9. The number of piperidine rings is 2. The Balaban J connectivity index is 1.20. The summed E-state index contributed by atoms with van der Waals surface area (Å²) in [7, 11) is 0. The molecule has 0 aliphatic carbocycles. The maximum atomic E-state index is 13.0. The second-order valence-corrected chi connectivity index (χ2v) is 9.88. The van der Waals surface area contributed by atoms with Crippen molar-refractivity contribution in [1.29, 1.82) is 0 Å². The fourth-order valence-corrected chi connectivity index (χ4v) is 5.93. The summed E-state index contributed by atoms with van der Waals surface area (Å²) in [6.45, 7) is 4.61. The summed E-state index contributed by atoms with van der Waals surface area (Å²) in [5.74, 6) is 0.620. The van der Waals surface area contributed by atoms with Crippen molar-refractivity contribution < 1.29 is 9.59 Å². The molecule has 6 nitrogen and oxygen atoms in total. The lowest BCUT2D eigenvalue weighted by atomic mass is 9.99. The van der Waals surface area contributed by atoms with Crippen molar-refractivity contribution in [2.45, 2.75) is 49.7 Å². The standard InChI is InChI=1S/C25H30N4O2S/c30-23-18-32-24-22(5-4-12-26-24)29(23)17-19-6-8-20(9-7-19)25(31)28-15-10-21(11-16-28)27-13-2-1-3-14-27/h4-9,12,21H,1-3,10-11,13-18H2. The molecule has 2 saturated heterocycles. The van der Waals surface area contributed by atoms with Crippen molar-refractivity contribution >= 4 is 29.3 Å². The highest BCUT2D eigenvalue weighted by Crippen LogP contribution is 2.34. The molecule has 3 aliphatic rings. The van der Waals surface area contributed by atoms with E-state index in [0.29, 0.717) is 18.3 Å². The smallest absolute Gasteiger partial charge is 0.253 e. The zero-order valence-electron chi connectivity index (χ0n) is 18.4. The molecule has 2 aromatic rings. The lowest BCUT2D eigenvalue weighted by molar-refractivity contribution is -0.116. The van der Waals surface area contributed by atoms with Crippen molar-refractivity contribution in [2.24, 2.45) is 0 Å². The molecule has 1 aromatic heterocycles. The number of carbonyl (C=O) groups excluding carboxylic acids is 2. The van der Waals surface area contributed by atoms with Gasteiger partial charge in [-0.2, -0.15) is 0 Å². The van der Waals surface area contributed by atoms with E-state index in [9.17, 15) is 9.59 Å². The van der Waals surface area contributed by atoms with Gasteiger partial charge in [0.2, 0.25) is 5.91 Å². The number of hydrogen-bond donors (Lipinski definition) is 0. The van der Waals surface area contributed by atoms with Crippen molar-refractivity contribution in [2.75, 3.05) is 36.8 Å². The minimum Gasteiger partial charge on any atom is -0.339 e. The summed E-state index contributed by atoms with van der Waals surface area (Å²) in [6, 6.07) is 12.2. The maximum Gasteiger partial charge on any atom is 0.253 e. The predicted molar refractivity (Wildman–Crippen MR) is 127 cm³/mol. The molecule has 0 spiro atoms. The number of benzene rings is 1. The van der Waals surface area contributed by atoms with E-state index in [1.165, 1.54) is 44.1 Å². The van der Waals surface area contributed by atoms with Crippen molar-refractivity contribution in [3.63, 3.8) is 0 Å². The third-order valence-corrected chi connectivity index (χ3v) is 7.85. The number of pyridine rings is 1. The molecule has 1 aromatic carbocycles. The third-order valence-electron chi connectivity index (χ3n) is 6.88. The van der Waals surface area contributed by atoms with Crippen LogP contribution in [0.15, 0.2) is 47.6 Å². The van der Waals surface area contributed by atoms with Gasteiger partial charge in [0.15, 0.2) is 0 Å². The average molecular weight is 451 g/mol. The number of rotatable bonds is 4. The number of thioether (sulfide) groups is 1. The summed E-state index contributed by atoms with van der Waals surface area (Å²) in [5, 5.41) is 0.895. The fourth-order valence-electron chi connectivity index (χ4n) is 5.05. The Bertz CT molecular complexity index is 966. The number of carbonyl (C=O) groups is 2. The van der Waals surface area contributed by atoms with Gasteiger partial charge in [-0.1, -0.05) is 30.3 Å². The molecule has 0 atom stereocenters. The topological polar surface area (TPSA) is 56.8 Å². The molecule has 0 radical (unpaired) electrons. The van der Waals surface area contributed by atoms with E-state index >= 15 is 0 Å². The van der Waals surface area contributed by atoms with E-state index in [0.717, 1.165) is 47.8 Å². The summed E-state index contributed by atoms with van der Waals surface area (Å²) < 4.78 is 0. The Hall–Kier alpha value is -2.38. The van der Waals surface area contributed by atoms with E-state index in [-0.39, 0.29) is 11.8 Å². The van der Waals surface area contributed by atoms with Gasteiger partial charge in [0.1, 0.15) is 5.03 Å². The number of hydrogen-bond acceptors (Lipinski definition) is 5. The highest BCUT2D eigenvalue weighted by Gasteiger charge is 2.28. The largest absolute Gasteiger partial charge is 0.339 e. The lowest BCUT2D eigenvalue weighted by Crippen LogP contribution is -2.48. The van der Waals surface area contributed by atoms with Gasteiger partial charge in [0, 0.05) is 30.9 Å². The van der Waals surface area contributed by atoms with Gasteiger partial charge in [-0.05, 0) is 68.6 Å². The molecule has 168 valence electrons. The van der Waals surface area contributed by atoms with Crippen molar-refractivity contribution in [3.05, 3.63) is 53.7 Å². The van der Waals surface area contributed by atoms with Crippen LogP contribution in [-0.2, 0) is 11.3 Å². The van der Waals surface area contributed by atoms with Crippen molar-refractivity contribution in [3.8, 4) is 0 Å². The normalized spacial score (nSPS) is 20.3. The first-order valence-electron chi connectivity index (χ1n) is 11.7. The Labute approximate surface area is 194 Å². The zero-order valence-corrected chi connectivity index (χ0v) is 19.2. The minimum absolute atomic E-state index is 0.0900. The summed E-state index contributed by atoms with van der Waals surface area (Å²) in [5.41, 5.74) is 2.61. The van der Waals surface area contributed by atoms with Crippen LogP contribution in [0, 0.1) is 0 Å². The molecular formula is C25H30N4O2S. The molecule has 2 amide bonds. The van der Waals surface area contributed by atoms with Crippen LogP contribution in [0.3, 0.4) is 0 Å². The molecule has 0 saturated carbocycles. The minimum atomic E-state index is 0.0900. The first-order chi connectivity index (χ1) is 15.7. The van der Waals surface area contributed by atoms with Crippen LogP contribution >= 0.6 is 11.8 Å². The average Bonchev–Trinajstić information content (AvgIpc) is 2.86. The van der Waals surface area contributed by atoms with E-state index in [2.05, 4.69) is 9.88 Å². The van der Waals surface area contributed by atoms with Crippen LogP contribution in [-0.4, -0.2) is 64.6 Å². The van der Waals surface area contributed by atoms with Crippen LogP contribution < -0.4 is 4.90 Å². The predicted octanol–water partition coefficient (Wildman–Crippen LogP) is 3.81. The van der Waals surface area contributed by atoms with Crippen LogP contribution in [0.25, 0.3) is 0 Å². The Kier molecular flexibility index (Phi) is 6.46. The summed E-state index contributed by atoms with van der Waals surface area (Å²) in [6.07, 6.45) is 7.90. The van der Waals surface area contributed by atoms with Gasteiger partial charge in [-0.25, -0.2) is 4.98 Å². The van der Waals surface area contributed by atoms with E-state index in [1.807, 2.05) is 41.3 Å². The number of anilines is 1. The molecule has 7 heteroatoms. The fraction of sp³-hybridized carbons (Fsp3) is 0.480.